The summed E-state index contributed by atoms with van der Waals surface area (Å²) in [6, 6.07) is 26.9. The normalized spacial score (nSPS) is 12.0. The van der Waals surface area contributed by atoms with Crippen LogP contribution in [0, 0.1) is 0 Å². The molecule has 0 saturated heterocycles. The minimum Gasteiger partial charge on any atom is -0.310 e. The van der Waals surface area contributed by atoms with Crippen molar-refractivity contribution in [1.29, 1.82) is 0 Å². The second-order valence-corrected chi connectivity index (χ2v) is 17.3. The second-order valence-electron chi connectivity index (χ2n) is 12.2. The highest BCUT2D eigenvalue weighted by Crippen LogP contribution is 2.46. The third-order valence-electron chi connectivity index (χ3n) is 9.11. The molecule has 0 aliphatic heterocycles. The van der Waals surface area contributed by atoms with E-state index in [1.807, 2.05) is 0 Å². The van der Waals surface area contributed by atoms with E-state index in [4.69, 9.17) is 0 Å². The minimum atomic E-state index is -0.814. The van der Waals surface area contributed by atoms with Crippen molar-refractivity contribution in [3.05, 3.63) is 77.3 Å². The summed E-state index contributed by atoms with van der Waals surface area (Å²) < 4.78 is 1.10. The Labute approximate surface area is 262 Å². The van der Waals surface area contributed by atoms with Crippen molar-refractivity contribution in [2.45, 2.75) is 4.90 Å². The van der Waals surface area contributed by atoms with Gasteiger partial charge in [0, 0.05) is 21.5 Å². The van der Waals surface area contributed by atoms with Gasteiger partial charge < -0.3 is 4.90 Å². The molecule has 0 spiro atoms. The summed E-state index contributed by atoms with van der Waals surface area (Å²) in [4.78, 5) is 3.92. The molecule has 0 aromatic heterocycles. The van der Waals surface area contributed by atoms with Gasteiger partial charge in [-0.1, -0.05) is 67.5 Å². The molecule has 5 aromatic carbocycles. The first-order chi connectivity index (χ1) is 19.3. The van der Waals surface area contributed by atoms with Crippen LogP contribution < -0.4 is 43.1 Å². The second kappa shape index (κ2) is 11.3. The lowest BCUT2D eigenvalue weighted by Gasteiger charge is -2.33. The van der Waals surface area contributed by atoms with Crippen molar-refractivity contribution in [3.8, 4) is 11.1 Å². The zero-order valence-corrected chi connectivity index (χ0v) is 28.6. The highest BCUT2D eigenvalue weighted by atomic mass is 79.9. The highest BCUT2D eigenvalue weighted by molar-refractivity contribution is 9.10. The van der Waals surface area contributed by atoms with E-state index in [1.54, 1.807) is 0 Å². The van der Waals surface area contributed by atoms with Crippen molar-refractivity contribution in [3.63, 3.8) is 0 Å². The zero-order chi connectivity index (χ0) is 29.8. The van der Waals surface area contributed by atoms with Crippen LogP contribution in [0.2, 0.25) is 0 Å². The van der Waals surface area contributed by atoms with Gasteiger partial charge in [0.2, 0.25) is 0 Å². The monoisotopic (exact) mass is 609 g/mol. The van der Waals surface area contributed by atoms with Crippen LogP contribution in [0.5, 0.6) is 0 Å². The molecule has 5 rings (SSSR count). The highest BCUT2D eigenvalue weighted by Gasteiger charge is 2.24. The lowest BCUT2D eigenvalue weighted by Crippen LogP contribution is -2.52. The Morgan fingerprint density at radius 2 is 0.878 bits per heavy atom. The largest absolute Gasteiger partial charge is 0.310 e. The first-order valence-electron chi connectivity index (χ1n) is 14.3. The van der Waals surface area contributed by atoms with Crippen molar-refractivity contribution < 1.29 is 0 Å². The summed E-state index contributed by atoms with van der Waals surface area (Å²) in [6.07, 6.45) is 7.08. The van der Waals surface area contributed by atoms with Crippen LogP contribution in [0.15, 0.2) is 82.2 Å². The Bertz CT molecular complexity index is 1780. The van der Waals surface area contributed by atoms with Gasteiger partial charge in [-0.3, -0.25) is 0 Å². The molecule has 0 radical (unpaired) electrons. The lowest BCUT2D eigenvalue weighted by molar-refractivity contribution is 1.29. The van der Waals surface area contributed by atoms with Gasteiger partial charge in [0.05, 0.1) is 0 Å². The van der Waals surface area contributed by atoms with Crippen molar-refractivity contribution in [2.24, 2.45) is 0 Å². The van der Waals surface area contributed by atoms with Crippen molar-refractivity contribution in [2.75, 3.05) is 23.7 Å². The minimum absolute atomic E-state index is 0.814. The van der Waals surface area contributed by atoms with Gasteiger partial charge >= 0.3 is 0 Å². The SMILES string of the molecule is Bc1c(B)c(B)c2c(N(c3ccc(-c4ccc(Br)cc4)cc3)c3ccc(S(C)(C)C)cc3)c(B)c(B)c(B)c2c1B. The molecule has 0 saturated carbocycles. The number of hydrogen-bond donors (Lipinski definition) is 0. The van der Waals surface area contributed by atoms with E-state index in [1.165, 1.54) is 82.1 Å². The van der Waals surface area contributed by atoms with Gasteiger partial charge in [-0.15, -0.1) is 10.9 Å². The van der Waals surface area contributed by atoms with Gasteiger partial charge in [-0.05, 0) is 94.1 Å². The summed E-state index contributed by atoms with van der Waals surface area (Å²) in [7, 11) is 15.2. The van der Waals surface area contributed by atoms with Gasteiger partial charge in [0.25, 0.3) is 0 Å². The molecule has 0 fully saturated rings. The van der Waals surface area contributed by atoms with Crippen LogP contribution in [-0.2, 0) is 0 Å². The first kappa shape index (κ1) is 29.9. The fourth-order valence-corrected chi connectivity index (χ4v) is 7.26. The first-order valence-corrected chi connectivity index (χ1v) is 17.9. The number of benzene rings is 5. The van der Waals surface area contributed by atoms with Crippen molar-refractivity contribution in [1.82, 2.24) is 0 Å². The molecule has 0 atom stereocenters. The van der Waals surface area contributed by atoms with Crippen LogP contribution in [0.25, 0.3) is 21.9 Å². The average molecular weight is 609 g/mol. The molecule has 0 unspecified atom stereocenters. The van der Waals surface area contributed by atoms with E-state index in [9.17, 15) is 0 Å². The number of fused-ring (bicyclic) bond motifs is 1. The molecule has 1 nitrogen and oxygen atoms in total. The maximum Gasteiger partial charge on any atom is 0.141 e. The average Bonchev–Trinajstić information content (AvgIpc) is 2.95. The number of anilines is 3. The van der Waals surface area contributed by atoms with E-state index in [-0.39, 0.29) is 0 Å². The Morgan fingerprint density at radius 1 is 0.488 bits per heavy atom. The van der Waals surface area contributed by atoms with E-state index in [0.717, 1.165) is 4.47 Å². The third kappa shape index (κ3) is 5.39. The molecule has 0 N–H and O–H groups in total. The zero-order valence-electron chi connectivity index (χ0n) is 26.2. The smallest absolute Gasteiger partial charge is 0.141 e. The van der Waals surface area contributed by atoms with E-state index in [0.29, 0.717) is 0 Å². The Kier molecular flexibility index (Phi) is 8.22. The molecule has 41 heavy (non-hydrogen) atoms. The lowest BCUT2D eigenvalue weighted by atomic mass is 9.60. The Morgan fingerprint density at radius 3 is 1.34 bits per heavy atom. The van der Waals surface area contributed by atoms with Gasteiger partial charge in [0.15, 0.2) is 0 Å². The molecule has 10 heteroatoms. The number of rotatable bonds is 5. The predicted octanol–water partition coefficient (Wildman–Crippen LogP) is -2.40. The summed E-state index contributed by atoms with van der Waals surface area (Å²) in [5, 5.41) is 2.77. The quantitative estimate of drug-likeness (QED) is 0.201. The summed E-state index contributed by atoms with van der Waals surface area (Å²) in [5.74, 6) is 0. The standard InChI is InChI=1S/C31H35B7BrNS/c1-41(2,3)21-14-12-20(13-15-21)40(19-10-6-17(7-11-19)16-4-8-18(39)9-5-16)31-23-22(25(33)29(37)30(31)38)24(32)27(35)28(36)26(23)34/h4-15H,32-38H2,1-3H3. The maximum absolute atomic E-state index is 3.57. The Hall–Kier alpha value is -2.56. The van der Waals surface area contributed by atoms with E-state index in [2.05, 4.69) is 167 Å². The van der Waals surface area contributed by atoms with Crippen LogP contribution in [-0.4, -0.2) is 73.7 Å². The molecular weight excluding hydrogens is 574 g/mol. The Balaban J connectivity index is 1.82. The molecule has 5 aromatic rings. The predicted molar refractivity (Wildman–Crippen MR) is 213 cm³/mol. The molecule has 0 aliphatic rings. The van der Waals surface area contributed by atoms with Gasteiger partial charge in [-0.2, -0.15) is 0 Å². The molecule has 0 aliphatic carbocycles. The number of halogens is 1. The molecular formula is C31H35B7BrNS. The van der Waals surface area contributed by atoms with Gasteiger partial charge in [0.1, 0.15) is 54.9 Å². The summed E-state index contributed by atoms with van der Waals surface area (Å²) in [5.41, 5.74) is 15.7. The number of hydrogen-bond acceptors (Lipinski definition) is 1. The van der Waals surface area contributed by atoms with Crippen LogP contribution in [0.4, 0.5) is 17.1 Å². The summed E-state index contributed by atoms with van der Waals surface area (Å²) >= 11 is 3.57. The summed E-state index contributed by atoms with van der Waals surface area (Å²) in [6.45, 7) is 0. The van der Waals surface area contributed by atoms with Crippen LogP contribution in [0.1, 0.15) is 0 Å². The van der Waals surface area contributed by atoms with Crippen LogP contribution in [0.3, 0.4) is 0 Å². The van der Waals surface area contributed by atoms with E-state index >= 15 is 0 Å². The fraction of sp³-hybridized carbons (Fsp3) is 0.0968. The maximum atomic E-state index is 3.57. The molecule has 0 bridgehead atoms. The van der Waals surface area contributed by atoms with Gasteiger partial charge in [-0.25, -0.2) is 10.0 Å². The fourth-order valence-electron chi connectivity index (χ4n) is 6.05. The molecule has 0 heterocycles. The van der Waals surface area contributed by atoms with E-state index < -0.39 is 10.0 Å². The molecule has 198 valence electrons. The van der Waals surface area contributed by atoms with Crippen molar-refractivity contribution >= 4 is 147 Å². The topological polar surface area (TPSA) is 3.24 Å². The molecule has 0 amide bonds. The number of nitrogens with zero attached hydrogens (tertiary/aromatic N) is 1. The third-order valence-corrected chi connectivity index (χ3v) is 11.3. The van der Waals surface area contributed by atoms with Crippen LogP contribution >= 0.6 is 26.0 Å².